The summed E-state index contributed by atoms with van der Waals surface area (Å²) < 4.78 is 28.9. The molecule has 0 fully saturated rings. The Labute approximate surface area is 111 Å². The number of fused-ring (bicyclic) bond motifs is 1. The molecule has 19 heavy (non-hydrogen) atoms. The predicted octanol–water partition coefficient (Wildman–Crippen LogP) is 0.208. The van der Waals surface area contributed by atoms with E-state index in [1.165, 1.54) is 12.5 Å². The normalized spacial score (nSPS) is 19.3. The summed E-state index contributed by atoms with van der Waals surface area (Å²) in [6.07, 6.45) is 6.14. The average molecular weight is 281 g/mol. The molecule has 0 aliphatic carbocycles. The minimum absolute atomic E-state index is 0.0973. The molecule has 0 aromatic carbocycles. The highest BCUT2D eigenvalue weighted by Crippen LogP contribution is 2.16. The first-order chi connectivity index (χ1) is 9.04. The molecule has 7 nitrogen and oxygen atoms in total. The second-order valence-corrected chi connectivity index (χ2v) is 6.41. The Bertz CT molecular complexity index is 674. The predicted molar refractivity (Wildman–Crippen MR) is 68.0 cm³/mol. The second-order valence-electron chi connectivity index (χ2n) is 4.72. The molecule has 0 saturated carbocycles. The standard InChI is InChI=1S/C11H15N5O2S/c1-8-5-16-6-9(2-3-10(16)14-8)15-19(17,18)11-4-12-7-13-11/h4-5,7,9,15H,2-3,6H2,1H3,(H,12,13)/t9-/m1/s1. The summed E-state index contributed by atoms with van der Waals surface area (Å²) in [6, 6.07) is -0.116. The number of aromatic amines is 1. The Morgan fingerprint density at radius 3 is 3.11 bits per heavy atom. The van der Waals surface area contributed by atoms with Gasteiger partial charge in [0.2, 0.25) is 0 Å². The van der Waals surface area contributed by atoms with Crippen molar-refractivity contribution in [1.29, 1.82) is 0 Å². The van der Waals surface area contributed by atoms with Gasteiger partial charge < -0.3 is 9.55 Å². The molecule has 0 spiro atoms. The lowest BCUT2D eigenvalue weighted by Gasteiger charge is -2.24. The largest absolute Gasteiger partial charge is 0.335 e. The molecular weight excluding hydrogens is 266 g/mol. The summed E-state index contributed by atoms with van der Waals surface area (Å²) in [4.78, 5) is 10.7. The highest BCUT2D eigenvalue weighted by molar-refractivity contribution is 7.89. The molecule has 0 saturated heterocycles. The smallest absolute Gasteiger partial charge is 0.257 e. The molecule has 0 bridgehead atoms. The number of aryl methyl sites for hydroxylation is 2. The number of hydrogen-bond acceptors (Lipinski definition) is 4. The first-order valence-corrected chi connectivity index (χ1v) is 7.56. The summed E-state index contributed by atoms with van der Waals surface area (Å²) >= 11 is 0. The fourth-order valence-electron chi connectivity index (χ4n) is 2.36. The molecule has 8 heteroatoms. The van der Waals surface area contributed by atoms with Crippen LogP contribution in [0.4, 0.5) is 0 Å². The van der Waals surface area contributed by atoms with Crippen LogP contribution in [0.15, 0.2) is 23.7 Å². The fourth-order valence-corrected chi connectivity index (χ4v) is 3.52. The van der Waals surface area contributed by atoms with Gasteiger partial charge in [-0.15, -0.1) is 0 Å². The Morgan fingerprint density at radius 1 is 1.53 bits per heavy atom. The zero-order valence-electron chi connectivity index (χ0n) is 10.5. The Balaban J connectivity index is 1.76. The molecule has 2 aromatic rings. The van der Waals surface area contributed by atoms with Gasteiger partial charge in [0.05, 0.1) is 18.2 Å². The van der Waals surface area contributed by atoms with Crippen LogP contribution in [0.25, 0.3) is 0 Å². The van der Waals surface area contributed by atoms with Crippen LogP contribution in [0.3, 0.4) is 0 Å². The lowest BCUT2D eigenvalue weighted by atomic mass is 10.1. The van der Waals surface area contributed by atoms with Gasteiger partial charge in [-0.2, -0.15) is 0 Å². The van der Waals surface area contributed by atoms with Gasteiger partial charge in [-0.05, 0) is 13.3 Å². The van der Waals surface area contributed by atoms with Crippen molar-refractivity contribution in [2.45, 2.75) is 37.4 Å². The number of H-pyrrole nitrogens is 1. The van der Waals surface area contributed by atoms with Crippen molar-refractivity contribution in [2.75, 3.05) is 0 Å². The maximum atomic E-state index is 12.1. The van der Waals surface area contributed by atoms with Crippen LogP contribution in [0.1, 0.15) is 17.9 Å². The Morgan fingerprint density at radius 2 is 2.37 bits per heavy atom. The zero-order chi connectivity index (χ0) is 13.5. The van der Waals surface area contributed by atoms with Crippen LogP contribution in [0, 0.1) is 6.92 Å². The minimum atomic E-state index is -3.51. The molecule has 2 N–H and O–H groups in total. The maximum absolute atomic E-state index is 12.1. The topological polar surface area (TPSA) is 92.7 Å². The summed E-state index contributed by atoms with van der Waals surface area (Å²) in [5, 5.41) is 0.0973. The van der Waals surface area contributed by atoms with Gasteiger partial charge in [0.1, 0.15) is 5.82 Å². The van der Waals surface area contributed by atoms with Crippen LogP contribution >= 0.6 is 0 Å². The van der Waals surface area contributed by atoms with E-state index in [9.17, 15) is 8.42 Å². The van der Waals surface area contributed by atoms with Gasteiger partial charge in [0.15, 0.2) is 5.03 Å². The van der Waals surface area contributed by atoms with E-state index in [1.54, 1.807) is 0 Å². The molecule has 1 atom stereocenters. The number of hydrogen-bond donors (Lipinski definition) is 2. The highest BCUT2D eigenvalue weighted by Gasteiger charge is 2.25. The van der Waals surface area contributed by atoms with E-state index < -0.39 is 10.0 Å². The molecule has 0 radical (unpaired) electrons. The quantitative estimate of drug-likeness (QED) is 0.841. The molecule has 3 rings (SSSR count). The highest BCUT2D eigenvalue weighted by atomic mass is 32.2. The fraction of sp³-hybridized carbons (Fsp3) is 0.455. The first-order valence-electron chi connectivity index (χ1n) is 6.08. The lowest BCUT2D eigenvalue weighted by molar-refractivity contribution is 0.420. The molecule has 102 valence electrons. The number of aromatic nitrogens is 4. The van der Waals surface area contributed by atoms with Crippen LogP contribution in [-0.2, 0) is 23.0 Å². The van der Waals surface area contributed by atoms with Gasteiger partial charge in [-0.25, -0.2) is 23.1 Å². The lowest BCUT2D eigenvalue weighted by Crippen LogP contribution is -2.40. The third-order valence-corrected chi connectivity index (χ3v) is 4.64. The van der Waals surface area contributed by atoms with Crippen molar-refractivity contribution in [3.05, 3.63) is 30.2 Å². The third-order valence-electron chi connectivity index (χ3n) is 3.20. The van der Waals surface area contributed by atoms with E-state index in [-0.39, 0.29) is 11.1 Å². The van der Waals surface area contributed by atoms with E-state index in [2.05, 4.69) is 19.7 Å². The summed E-state index contributed by atoms with van der Waals surface area (Å²) in [5.74, 6) is 1.02. The average Bonchev–Trinajstić information content (AvgIpc) is 2.95. The van der Waals surface area contributed by atoms with E-state index in [1.807, 2.05) is 17.7 Å². The van der Waals surface area contributed by atoms with Crippen molar-refractivity contribution < 1.29 is 8.42 Å². The number of nitrogens with one attached hydrogen (secondary N) is 2. The van der Waals surface area contributed by atoms with Crippen LogP contribution in [0.2, 0.25) is 0 Å². The molecular formula is C11H15N5O2S. The summed E-state index contributed by atoms with van der Waals surface area (Å²) in [7, 11) is -3.51. The van der Waals surface area contributed by atoms with Crippen molar-refractivity contribution in [1.82, 2.24) is 24.2 Å². The maximum Gasteiger partial charge on any atom is 0.257 e. The molecule has 2 aromatic heterocycles. The zero-order valence-corrected chi connectivity index (χ0v) is 11.3. The summed E-state index contributed by atoms with van der Waals surface area (Å²) in [5.41, 5.74) is 0.965. The minimum Gasteiger partial charge on any atom is -0.335 e. The van der Waals surface area contributed by atoms with Gasteiger partial charge in [-0.1, -0.05) is 0 Å². The number of imidazole rings is 2. The van der Waals surface area contributed by atoms with Crippen molar-refractivity contribution in [3.8, 4) is 0 Å². The van der Waals surface area contributed by atoms with Gasteiger partial charge in [0.25, 0.3) is 10.0 Å². The molecule has 0 unspecified atom stereocenters. The van der Waals surface area contributed by atoms with Crippen molar-refractivity contribution in [2.24, 2.45) is 0 Å². The van der Waals surface area contributed by atoms with E-state index in [0.29, 0.717) is 6.54 Å². The summed E-state index contributed by atoms with van der Waals surface area (Å²) in [6.45, 7) is 2.55. The van der Waals surface area contributed by atoms with Crippen molar-refractivity contribution in [3.63, 3.8) is 0 Å². The molecule has 3 heterocycles. The van der Waals surface area contributed by atoms with Crippen LogP contribution in [0.5, 0.6) is 0 Å². The number of nitrogens with zero attached hydrogens (tertiary/aromatic N) is 3. The van der Waals surface area contributed by atoms with Gasteiger partial charge in [-0.3, -0.25) is 0 Å². The molecule has 1 aliphatic heterocycles. The Hall–Kier alpha value is -1.67. The Kier molecular flexibility index (Phi) is 2.90. The second kappa shape index (κ2) is 4.46. The van der Waals surface area contributed by atoms with E-state index in [0.717, 1.165) is 24.4 Å². The van der Waals surface area contributed by atoms with Crippen molar-refractivity contribution >= 4 is 10.0 Å². The number of rotatable bonds is 3. The first kappa shape index (κ1) is 12.4. The van der Waals surface area contributed by atoms with E-state index in [4.69, 9.17) is 0 Å². The van der Waals surface area contributed by atoms with E-state index >= 15 is 0 Å². The number of sulfonamides is 1. The monoisotopic (exact) mass is 281 g/mol. The van der Waals surface area contributed by atoms with Crippen LogP contribution < -0.4 is 4.72 Å². The third kappa shape index (κ3) is 2.41. The van der Waals surface area contributed by atoms with Gasteiger partial charge >= 0.3 is 0 Å². The van der Waals surface area contributed by atoms with Crippen LogP contribution in [-0.4, -0.2) is 34.0 Å². The van der Waals surface area contributed by atoms with Gasteiger partial charge in [0, 0.05) is 25.2 Å². The molecule has 0 amide bonds. The SMILES string of the molecule is Cc1cn2c(n1)CC[C@@H](NS(=O)(=O)c1cnc[nH]1)C2. The molecule has 1 aliphatic rings.